The van der Waals surface area contributed by atoms with E-state index in [-0.39, 0.29) is 23.7 Å². The summed E-state index contributed by atoms with van der Waals surface area (Å²) < 4.78 is 1.96. The number of nitrogens with one attached hydrogen (secondary N) is 2. The minimum Gasteiger partial charge on any atom is -0.371 e. The largest absolute Gasteiger partial charge is 0.371 e. The predicted octanol–water partition coefficient (Wildman–Crippen LogP) is 3.75. The molecule has 3 rings (SSSR count). The first-order valence-corrected chi connectivity index (χ1v) is 8.52. The highest BCUT2D eigenvalue weighted by Crippen LogP contribution is 2.28. The first-order valence-electron chi connectivity index (χ1n) is 8.52. The highest BCUT2D eigenvalue weighted by molar-refractivity contribution is 5.94. The molecule has 0 fully saturated rings. The molecular weight excluding hydrogens is 346 g/mol. The number of anilines is 2. The van der Waals surface area contributed by atoms with Crippen LogP contribution in [0.25, 0.3) is 11.0 Å². The first-order chi connectivity index (χ1) is 12.8. The summed E-state index contributed by atoms with van der Waals surface area (Å²) in [4.78, 5) is 27.5. The molecule has 8 nitrogen and oxygen atoms in total. The van der Waals surface area contributed by atoms with Crippen molar-refractivity contribution in [2.45, 2.75) is 26.3 Å². The Morgan fingerprint density at radius 1 is 1.15 bits per heavy atom. The number of rotatable bonds is 5. The van der Waals surface area contributed by atoms with E-state index in [9.17, 15) is 14.9 Å². The molecule has 0 bridgehead atoms. The van der Waals surface area contributed by atoms with Gasteiger partial charge in [0.05, 0.1) is 22.5 Å². The Kier molecular flexibility index (Phi) is 4.81. The Hall–Kier alpha value is -3.42. The van der Waals surface area contributed by atoms with Crippen LogP contribution in [-0.2, 0) is 10.3 Å². The van der Waals surface area contributed by atoms with Crippen molar-refractivity contribution in [3.8, 4) is 0 Å². The smallest absolute Gasteiger partial charge is 0.292 e. The zero-order chi connectivity index (χ0) is 19.6. The van der Waals surface area contributed by atoms with Crippen molar-refractivity contribution >= 4 is 34.3 Å². The minimum atomic E-state index is -0.487. The normalized spacial score (nSPS) is 11.4. The third-order valence-corrected chi connectivity index (χ3v) is 4.02. The van der Waals surface area contributed by atoms with E-state index < -0.39 is 4.92 Å². The van der Waals surface area contributed by atoms with Crippen molar-refractivity contribution < 1.29 is 9.72 Å². The van der Waals surface area contributed by atoms with Crippen molar-refractivity contribution in [1.29, 1.82) is 0 Å². The van der Waals surface area contributed by atoms with Crippen molar-refractivity contribution in [1.82, 2.24) is 9.55 Å². The number of nitrogens with zero attached hydrogens (tertiary/aromatic N) is 3. The summed E-state index contributed by atoms with van der Waals surface area (Å²) in [5, 5.41) is 16.7. The van der Waals surface area contributed by atoms with Gasteiger partial charge in [0.15, 0.2) is 0 Å². The maximum Gasteiger partial charge on any atom is 0.292 e. The number of hydrogen-bond donors (Lipinski definition) is 2. The summed E-state index contributed by atoms with van der Waals surface area (Å²) in [6.45, 7) is 5.98. The van der Waals surface area contributed by atoms with Gasteiger partial charge < -0.3 is 9.88 Å². The summed E-state index contributed by atoms with van der Waals surface area (Å²) in [5.41, 5.74) is 1.64. The fourth-order valence-corrected chi connectivity index (χ4v) is 2.92. The molecule has 0 saturated carbocycles. The summed E-state index contributed by atoms with van der Waals surface area (Å²) in [6, 6.07) is 13.9. The lowest BCUT2D eigenvalue weighted by Gasteiger charge is -2.24. The van der Waals surface area contributed by atoms with Gasteiger partial charge in [-0.05, 0) is 39.0 Å². The maximum absolute atomic E-state index is 12.4. The van der Waals surface area contributed by atoms with Gasteiger partial charge in [-0.15, -0.1) is 0 Å². The Morgan fingerprint density at radius 3 is 2.52 bits per heavy atom. The predicted molar refractivity (Wildman–Crippen MR) is 105 cm³/mol. The van der Waals surface area contributed by atoms with Gasteiger partial charge in [-0.3, -0.25) is 20.2 Å². The van der Waals surface area contributed by atoms with Gasteiger partial charge in [0, 0.05) is 11.6 Å². The monoisotopic (exact) mass is 367 g/mol. The van der Waals surface area contributed by atoms with Gasteiger partial charge in [0.1, 0.15) is 5.69 Å². The highest BCUT2D eigenvalue weighted by Gasteiger charge is 2.22. The molecule has 0 radical (unpaired) electrons. The van der Waals surface area contributed by atoms with E-state index in [4.69, 9.17) is 0 Å². The van der Waals surface area contributed by atoms with Crippen LogP contribution in [-0.4, -0.2) is 26.9 Å². The Bertz CT molecular complexity index is 1000. The number of para-hydroxylation sites is 4. The van der Waals surface area contributed by atoms with Gasteiger partial charge in [0.2, 0.25) is 11.9 Å². The van der Waals surface area contributed by atoms with Crippen LogP contribution in [0.15, 0.2) is 48.5 Å². The molecule has 1 aromatic heterocycles. The number of carbonyl (C=O) groups is 1. The molecule has 8 heteroatoms. The van der Waals surface area contributed by atoms with Gasteiger partial charge in [-0.1, -0.05) is 24.3 Å². The molecule has 2 N–H and O–H groups in total. The first kappa shape index (κ1) is 18.4. The van der Waals surface area contributed by atoms with Crippen LogP contribution in [0, 0.1) is 10.1 Å². The molecule has 0 aliphatic heterocycles. The van der Waals surface area contributed by atoms with E-state index in [0.29, 0.717) is 11.6 Å². The van der Waals surface area contributed by atoms with E-state index in [0.717, 1.165) is 11.0 Å². The standard InChI is InChI=1S/C19H21N5O3/c1-19(2,3)23-15-10-6-5-9-14(15)21-18(23)22-17(25)12-20-13-8-4-7-11-16(13)24(26)27/h4-11,20H,12H2,1-3H3,(H,21,22,25). The van der Waals surface area contributed by atoms with E-state index in [1.165, 1.54) is 6.07 Å². The van der Waals surface area contributed by atoms with Crippen LogP contribution in [0.1, 0.15) is 20.8 Å². The van der Waals surface area contributed by atoms with Crippen molar-refractivity contribution in [2.24, 2.45) is 0 Å². The summed E-state index contributed by atoms with van der Waals surface area (Å²) in [5.74, 6) is 0.104. The SMILES string of the molecule is CC(C)(C)n1c(NC(=O)CNc2ccccc2[N+](=O)[O-])nc2ccccc21. The Balaban J connectivity index is 1.80. The van der Waals surface area contributed by atoms with Crippen LogP contribution >= 0.6 is 0 Å². The average molecular weight is 367 g/mol. The number of imidazole rings is 1. The molecule has 0 saturated heterocycles. The zero-order valence-electron chi connectivity index (χ0n) is 15.4. The third kappa shape index (κ3) is 3.89. The second-order valence-electron chi connectivity index (χ2n) is 7.11. The van der Waals surface area contributed by atoms with Crippen LogP contribution in [0.2, 0.25) is 0 Å². The number of carbonyl (C=O) groups excluding carboxylic acids is 1. The van der Waals surface area contributed by atoms with Gasteiger partial charge in [-0.25, -0.2) is 4.98 Å². The molecule has 0 aliphatic rings. The fourth-order valence-electron chi connectivity index (χ4n) is 2.92. The molecule has 3 aromatic rings. The molecule has 140 valence electrons. The van der Waals surface area contributed by atoms with E-state index in [1.54, 1.807) is 18.2 Å². The number of amides is 1. The van der Waals surface area contributed by atoms with Gasteiger partial charge >= 0.3 is 0 Å². The van der Waals surface area contributed by atoms with Crippen LogP contribution < -0.4 is 10.6 Å². The van der Waals surface area contributed by atoms with Crippen LogP contribution in [0.5, 0.6) is 0 Å². The number of nitro groups is 1. The number of aromatic nitrogens is 2. The van der Waals surface area contributed by atoms with Crippen molar-refractivity contribution in [3.05, 3.63) is 58.6 Å². The summed E-state index contributed by atoms with van der Waals surface area (Å²) in [6.07, 6.45) is 0. The summed E-state index contributed by atoms with van der Waals surface area (Å²) >= 11 is 0. The molecule has 27 heavy (non-hydrogen) atoms. The molecule has 0 atom stereocenters. The molecule has 2 aromatic carbocycles. The molecule has 0 aliphatic carbocycles. The van der Waals surface area contributed by atoms with E-state index in [1.807, 2.05) is 49.6 Å². The number of nitro benzene ring substituents is 1. The molecule has 0 unspecified atom stereocenters. The minimum absolute atomic E-state index is 0.0766. The Morgan fingerprint density at radius 2 is 1.81 bits per heavy atom. The number of fused-ring (bicyclic) bond motifs is 1. The van der Waals surface area contributed by atoms with Gasteiger partial charge in [-0.2, -0.15) is 0 Å². The lowest BCUT2D eigenvalue weighted by atomic mass is 10.1. The van der Waals surface area contributed by atoms with Crippen molar-refractivity contribution in [2.75, 3.05) is 17.2 Å². The number of hydrogen-bond acceptors (Lipinski definition) is 5. The van der Waals surface area contributed by atoms with Crippen molar-refractivity contribution in [3.63, 3.8) is 0 Å². The molecule has 1 heterocycles. The second-order valence-corrected chi connectivity index (χ2v) is 7.11. The van der Waals surface area contributed by atoms with Crippen LogP contribution in [0.4, 0.5) is 17.3 Å². The maximum atomic E-state index is 12.4. The van der Waals surface area contributed by atoms with E-state index in [2.05, 4.69) is 15.6 Å². The molecule has 1 amide bonds. The molecule has 0 spiro atoms. The van der Waals surface area contributed by atoms with E-state index >= 15 is 0 Å². The highest BCUT2D eigenvalue weighted by atomic mass is 16.6. The van der Waals surface area contributed by atoms with Crippen LogP contribution in [0.3, 0.4) is 0 Å². The summed E-state index contributed by atoms with van der Waals surface area (Å²) in [7, 11) is 0. The Labute approximate surface area is 156 Å². The quantitative estimate of drug-likeness (QED) is 0.528. The number of benzene rings is 2. The molecular formula is C19H21N5O3. The zero-order valence-corrected chi connectivity index (χ0v) is 15.4. The van der Waals surface area contributed by atoms with Gasteiger partial charge in [0.25, 0.3) is 5.69 Å². The topological polar surface area (TPSA) is 102 Å². The lowest BCUT2D eigenvalue weighted by Crippen LogP contribution is -2.28. The second kappa shape index (κ2) is 7.06. The third-order valence-electron chi connectivity index (χ3n) is 4.02. The lowest BCUT2D eigenvalue weighted by molar-refractivity contribution is -0.383. The fraction of sp³-hybridized carbons (Fsp3) is 0.263. The average Bonchev–Trinajstić information content (AvgIpc) is 2.98.